The van der Waals surface area contributed by atoms with Crippen molar-refractivity contribution in [2.75, 3.05) is 129 Å². The van der Waals surface area contributed by atoms with Gasteiger partial charge in [0, 0.05) is 34.8 Å². The standard InChI is InChI=1S/C49H52.C38H30O12S6.2C2H8O3S.4CH4O3S.PS2/c1-38(40-21-9-3-10-22-40)33-46(42-25-13-5-14-26-42)35-48(44-29-17-7-18-30-44)37-49(45-31-19-8-20-32-45)36-47(43-27-15-6-16-28-43)34-39(2)41-23-11-4-12-24-41;1-15-17-19(41-5-3-39-17)29(51-15)31-21-23(45-9-7-43-21)33(53-31)35-25-27(49-13-11-47-25)37(55-35)38-28-26(48-12-14-50-28)36(56-38)34-24-22(44-8-10-46-24)32(54-34)30-20-18(16(2)52-30)40-4-6-42-20;2*1-6(2,3,4)5;4*1-5(2,3)4;2-1-3/h3-32,38-39,46-49H,33-37H2,1-2H3;3-14H2,1-2H3;2*1-2H3,(H2,3,4,5);4*1H3,(H,2,3,4);/q;;;;;;;;+1/p-2. The zero-order valence-electron chi connectivity index (χ0n) is 78.4. The zero-order valence-corrected chi connectivity index (χ0v) is 90.8. The molecule has 0 spiro atoms. The van der Waals surface area contributed by atoms with E-state index < -0.39 is 59.7 Å². The monoisotopic (exact) mass is 2210 g/mol. The molecule has 30 nitrogen and oxygen atoms in total. The number of benzene rings is 6. The number of aryl methyl sites for hydroxylation is 2. The SMILES string of the molecule is CC(CC(CC(CC(CC(CC(C)c1ccccc1)c1ccccc1)c1ccccc1)c1ccccc1)c1ccccc1)c1ccccc1.CS(=O)(=O)O.CS(=O)(=O)O.CS(=O)(=O)O.CS(=O)(=O)O.CS(C)(=O)([O-])O.CS(C)(=O)([O-])O.Cc1sc(-c2sc(-c3sc(-c4sc(-c5sc(-c6sc(C)c7c6OCCO7)c6c5OCCO6)c5c4OCCO5)c4c3OCCO4)c3c2OCCO3)c2c1OCCO2.S=[P+]=S. The van der Waals surface area contributed by atoms with Gasteiger partial charge in [-0.25, -0.2) is 0 Å². The van der Waals surface area contributed by atoms with Crippen molar-refractivity contribution >= 4 is 157 Å². The Balaban J connectivity index is 0.000000217. The Kier molecular flexibility index (Phi) is 40.6. The maximum atomic E-state index is 9.79. The molecule has 6 N–H and O–H groups in total. The van der Waals surface area contributed by atoms with Crippen molar-refractivity contribution in [3.05, 3.63) is 225 Å². The first-order valence-electron chi connectivity index (χ1n) is 43.3. The van der Waals surface area contributed by atoms with E-state index in [4.69, 9.17) is 84.2 Å². The molecule has 6 unspecified atom stereocenters. The molecule has 6 atom stereocenters. The van der Waals surface area contributed by atoms with E-state index in [-0.39, 0.29) is 0 Å². The van der Waals surface area contributed by atoms with Crippen molar-refractivity contribution in [1.82, 2.24) is 0 Å². The number of ether oxygens (including phenoxy) is 12. The van der Waals surface area contributed by atoms with E-state index in [2.05, 4.69) is 233 Å². The molecular weight excluding hydrogens is 2100 g/mol. The van der Waals surface area contributed by atoms with E-state index in [1.807, 2.05) is 0 Å². The van der Waals surface area contributed by atoms with Crippen molar-refractivity contribution in [1.29, 1.82) is 0 Å². The molecule has 0 bridgehead atoms. The third-order valence-corrected chi connectivity index (χ3v) is 28.1. The van der Waals surface area contributed by atoms with Gasteiger partial charge in [0.2, 0.25) is 0 Å². The van der Waals surface area contributed by atoms with Crippen LogP contribution in [0.25, 0.3) is 48.8 Å². The average molecular weight is 2210 g/mol. The van der Waals surface area contributed by atoms with E-state index in [0.29, 0.717) is 192 Å². The molecular formula is C95H112O30PS14-. The molecule has 45 heteroatoms. The van der Waals surface area contributed by atoms with Crippen LogP contribution in [0, 0.1) is 13.8 Å². The summed E-state index contributed by atoms with van der Waals surface area (Å²) in [6, 6.07) is 67.6. The fourth-order valence-corrected chi connectivity index (χ4v) is 23.0. The molecule has 0 radical (unpaired) electrons. The van der Waals surface area contributed by atoms with Gasteiger partial charge in [0.1, 0.15) is 79.3 Å². The van der Waals surface area contributed by atoms with E-state index in [1.54, 1.807) is 68.0 Å². The van der Waals surface area contributed by atoms with Gasteiger partial charge in [0.25, 0.3) is 40.5 Å². The van der Waals surface area contributed by atoms with Crippen LogP contribution in [0.5, 0.6) is 69.0 Å². The fraction of sp³-hybridized carbons (Fsp3) is 0.368. The third-order valence-electron chi connectivity index (χ3n) is 20.6. The molecule has 18 rings (SSSR count). The van der Waals surface area contributed by atoms with Crippen LogP contribution in [0.2, 0.25) is 0 Å². The molecule has 6 aromatic carbocycles. The summed E-state index contributed by atoms with van der Waals surface area (Å²) < 4.78 is 234. The van der Waals surface area contributed by atoms with Crippen molar-refractivity contribution in [3.63, 3.8) is 0 Å². The Labute approximate surface area is 852 Å². The molecule has 6 aliphatic heterocycles. The Morgan fingerprint density at radius 3 is 0.564 bits per heavy atom. The van der Waals surface area contributed by atoms with Crippen LogP contribution in [-0.4, -0.2) is 208 Å². The third kappa shape index (κ3) is 36.8. The number of sulfone groups is 2. The summed E-state index contributed by atoms with van der Waals surface area (Å²) in [6.07, 6.45) is 12.1. The first-order valence-corrected chi connectivity index (χ1v) is 63.8. The number of fused-ring (bicyclic) bond motifs is 6. The predicted molar refractivity (Wildman–Crippen MR) is 564 cm³/mol. The summed E-state index contributed by atoms with van der Waals surface area (Å²) in [5, 5.41) is 0. The minimum atomic E-state index is -4.35. The van der Waals surface area contributed by atoms with Crippen LogP contribution < -0.4 is 56.8 Å². The van der Waals surface area contributed by atoms with Crippen LogP contribution in [0.4, 0.5) is 0 Å². The van der Waals surface area contributed by atoms with Gasteiger partial charge < -0.3 is 75.1 Å². The second-order valence-corrected chi connectivity index (χ2v) is 54.7. The fourth-order valence-electron chi connectivity index (χ4n) is 15.6. The predicted octanol–water partition coefficient (Wildman–Crippen LogP) is 21.5. The zero-order chi connectivity index (χ0) is 102. The second-order valence-electron chi connectivity index (χ2n) is 33.7. The Morgan fingerprint density at radius 1 is 0.286 bits per heavy atom. The molecule has 0 saturated carbocycles. The van der Waals surface area contributed by atoms with Gasteiger partial charge in [0.05, 0.1) is 73.8 Å². The van der Waals surface area contributed by atoms with Gasteiger partial charge in [-0.1, -0.05) is 215 Å². The molecule has 0 aliphatic carbocycles. The van der Waals surface area contributed by atoms with Gasteiger partial charge in [-0.15, -0.1) is 68.0 Å². The average Bonchev–Trinajstić information content (AvgIpc) is 1.56. The first kappa shape index (κ1) is 114. The van der Waals surface area contributed by atoms with Crippen molar-refractivity contribution < 1.29 is 135 Å². The van der Waals surface area contributed by atoms with E-state index in [1.165, 1.54) is 33.4 Å². The van der Waals surface area contributed by atoms with Gasteiger partial charge in [-0.05, 0) is 115 Å². The van der Waals surface area contributed by atoms with Crippen LogP contribution in [-0.2, 0) is 83.3 Å². The molecule has 6 aromatic heterocycles. The minimum absolute atomic E-state index is 0.419. The molecule has 12 aromatic rings. The van der Waals surface area contributed by atoms with Crippen LogP contribution in [0.15, 0.2) is 182 Å². The quantitative estimate of drug-likeness (QED) is 0.0287. The van der Waals surface area contributed by atoms with Gasteiger partial charge in [0.15, 0.2) is 69.0 Å². The topological polar surface area (TPSA) is 449 Å². The normalized spacial score (nSPS) is 15.5. The van der Waals surface area contributed by atoms with Crippen molar-refractivity contribution in [3.8, 4) is 118 Å². The second kappa shape index (κ2) is 50.0. The number of hydrogen-bond acceptors (Lipinski definition) is 32. The molecule has 762 valence electrons. The molecule has 0 amide bonds. The Bertz CT molecular complexity index is 6250. The van der Waals surface area contributed by atoms with E-state index in [0.717, 1.165) is 139 Å². The molecule has 12 heterocycles. The molecule has 140 heavy (non-hydrogen) atoms. The van der Waals surface area contributed by atoms with Crippen LogP contribution in [0.1, 0.15) is 125 Å². The van der Waals surface area contributed by atoms with Gasteiger partial charge >= 0.3 is 29.7 Å². The summed E-state index contributed by atoms with van der Waals surface area (Å²) in [5.41, 5.74) is 8.71. The van der Waals surface area contributed by atoms with Crippen LogP contribution >= 0.6 is 74.2 Å². The molecule has 0 fully saturated rings. The van der Waals surface area contributed by atoms with Gasteiger partial charge in [-0.3, -0.25) is 26.6 Å². The summed E-state index contributed by atoms with van der Waals surface area (Å²) in [4.78, 5) is 11.4. The van der Waals surface area contributed by atoms with Gasteiger partial charge in [-0.2, -0.15) is 33.7 Å². The van der Waals surface area contributed by atoms with E-state index >= 15 is 0 Å². The molecule has 0 saturated heterocycles. The number of thiophene rings is 6. The van der Waals surface area contributed by atoms with Crippen LogP contribution in [0.3, 0.4) is 0 Å². The maximum absolute atomic E-state index is 9.79. The summed E-state index contributed by atoms with van der Waals surface area (Å²) in [7, 11) is -23.4. The Hall–Kier alpha value is -8.23. The first-order chi connectivity index (χ1) is 65.6. The number of rotatable bonds is 21. The summed E-state index contributed by atoms with van der Waals surface area (Å²) in [6.45, 7) is 14.4. The number of hydrogen-bond donors (Lipinski definition) is 6. The molecule has 6 aliphatic rings. The Morgan fingerprint density at radius 2 is 0.407 bits per heavy atom. The van der Waals surface area contributed by atoms with Crippen molar-refractivity contribution in [2.24, 2.45) is 0 Å². The van der Waals surface area contributed by atoms with E-state index in [9.17, 15) is 51.2 Å². The van der Waals surface area contributed by atoms with Crippen molar-refractivity contribution in [2.45, 2.75) is 95.3 Å². The summed E-state index contributed by atoms with van der Waals surface area (Å²) >= 11 is 18.0. The summed E-state index contributed by atoms with van der Waals surface area (Å²) in [5.74, 6) is 11.4.